The molecule has 2 rings (SSSR count). The molecule has 1 aromatic rings. The molecule has 0 bridgehead atoms. The molecule has 0 heterocycles. The molecule has 2 amide bonds. The van der Waals surface area contributed by atoms with E-state index in [1.165, 1.54) is 24.7 Å². The van der Waals surface area contributed by atoms with Crippen LogP contribution in [0.15, 0.2) is 24.3 Å². The van der Waals surface area contributed by atoms with Crippen molar-refractivity contribution in [3.63, 3.8) is 0 Å². The van der Waals surface area contributed by atoms with Crippen LogP contribution in [0.5, 0.6) is 0 Å². The Hall–Kier alpha value is -2.35. The SMILES string of the molecule is CC(=O)N(CC(=O)NC1CCCCCC1)c1cccc(C#N)c1. The molecule has 1 N–H and O–H groups in total. The Morgan fingerprint density at radius 1 is 1.26 bits per heavy atom. The van der Waals surface area contributed by atoms with E-state index in [-0.39, 0.29) is 24.4 Å². The molecule has 1 saturated carbocycles. The Morgan fingerprint density at radius 2 is 1.96 bits per heavy atom. The summed E-state index contributed by atoms with van der Waals surface area (Å²) >= 11 is 0. The average Bonchev–Trinajstić information content (AvgIpc) is 2.81. The Morgan fingerprint density at radius 3 is 2.57 bits per heavy atom. The summed E-state index contributed by atoms with van der Waals surface area (Å²) in [5, 5.41) is 12.0. The number of nitrogens with one attached hydrogen (secondary N) is 1. The van der Waals surface area contributed by atoms with Crippen LogP contribution in [0.4, 0.5) is 5.69 Å². The average molecular weight is 313 g/mol. The predicted octanol–water partition coefficient (Wildman–Crippen LogP) is 2.75. The van der Waals surface area contributed by atoms with Gasteiger partial charge in [-0.15, -0.1) is 0 Å². The maximum absolute atomic E-state index is 12.3. The van der Waals surface area contributed by atoms with Crippen LogP contribution < -0.4 is 10.2 Å². The lowest BCUT2D eigenvalue weighted by Crippen LogP contribution is -2.43. The fourth-order valence-electron chi connectivity index (χ4n) is 2.97. The summed E-state index contributed by atoms with van der Waals surface area (Å²) < 4.78 is 0. The summed E-state index contributed by atoms with van der Waals surface area (Å²) in [4.78, 5) is 25.6. The van der Waals surface area contributed by atoms with Gasteiger partial charge in [0.05, 0.1) is 11.6 Å². The minimum absolute atomic E-state index is 0.0132. The molecule has 5 nitrogen and oxygen atoms in total. The second-order valence-electron chi connectivity index (χ2n) is 6.02. The van der Waals surface area contributed by atoms with Crippen molar-refractivity contribution in [1.29, 1.82) is 5.26 Å². The van der Waals surface area contributed by atoms with E-state index in [1.807, 2.05) is 6.07 Å². The number of carbonyl (C=O) groups excluding carboxylic acids is 2. The highest BCUT2D eigenvalue weighted by atomic mass is 16.2. The Balaban J connectivity index is 2.02. The molecular weight excluding hydrogens is 290 g/mol. The van der Waals surface area contributed by atoms with E-state index < -0.39 is 0 Å². The first-order valence-corrected chi connectivity index (χ1v) is 8.18. The van der Waals surface area contributed by atoms with Crippen LogP contribution in [-0.2, 0) is 9.59 Å². The number of benzene rings is 1. The van der Waals surface area contributed by atoms with Crippen molar-refractivity contribution in [2.45, 2.75) is 51.5 Å². The summed E-state index contributed by atoms with van der Waals surface area (Å²) in [6.07, 6.45) is 6.77. The molecule has 0 aromatic heterocycles. The van der Waals surface area contributed by atoms with Gasteiger partial charge in [0.2, 0.25) is 11.8 Å². The molecule has 0 aliphatic heterocycles. The van der Waals surface area contributed by atoms with Crippen LogP contribution in [0, 0.1) is 11.3 Å². The minimum Gasteiger partial charge on any atom is -0.352 e. The molecule has 0 saturated heterocycles. The van der Waals surface area contributed by atoms with E-state index in [0.29, 0.717) is 11.3 Å². The summed E-state index contributed by atoms with van der Waals surface area (Å²) in [7, 11) is 0. The zero-order chi connectivity index (χ0) is 16.7. The van der Waals surface area contributed by atoms with Crippen molar-refractivity contribution >= 4 is 17.5 Å². The number of amides is 2. The third-order valence-corrected chi connectivity index (χ3v) is 4.19. The van der Waals surface area contributed by atoms with E-state index >= 15 is 0 Å². The third kappa shape index (κ3) is 5.10. The third-order valence-electron chi connectivity index (χ3n) is 4.19. The highest BCUT2D eigenvalue weighted by Gasteiger charge is 2.19. The Kier molecular flexibility index (Phi) is 6.16. The topological polar surface area (TPSA) is 73.2 Å². The highest BCUT2D eigenvalue weighted by molar-refractivity contribution is 5.97. The molecular formula is C18H23N3O2. The Labute approximate surface area is 137 Å². The summed E-state index contributed by atoms with van der Waals surface area (Å²) in [5.41, 5.74) is 1.05. The molecule has 0 spiro atoms. The van der Waals surface area contributed by atoms with Gasteiger partial charge in [-0.1, -0.05) is 31.7 Å². The molecule has 0 atom stereocenters. The van der Waals surface area contributed by atoms with Crippen molar-refractivity contribution in [2.24, 2.45) is 0 Å². The zero-order valence-corrected chi connectivity index (χ0v) is 13.5. The molecule has 0 unspecified atom stereocenters. The first-order valence-electron chi connectivity index (χ1n) is 8.18. The van der Waals surface area contributed by atoms with Crippen molar-refractivity contribution in [1.82, 2.24) is 5.32 Å². The van der Waals surface area contributed by atoms with Gasteiger partial charge in [-0.2, -0.15) is 5.26 Å². The second-order valence-corrected chi connectivity index (χ2v) is 6.02. The summed E-state index contributed by atoms with van der Waals surface area (Å²) in [6, 6.07) is 9.01. The highest BCUT2D eigenvalue weighted by Crippen LogP contribution is 2.18. The van der Waals surface area contributed by atoms with Crippen molar-refractivity contribution < 1.29 is 9.59 Å². The van der Waals surface area contributed by atoms with E-state index in [2.05, 4.69) is 5.32 Å². The maximum Gasteiger partial charge on any atom is 0.240 e. The molecule has 1 aromatic carbocycles. The number of hydrogen-bond acceptors (Lipinski definition) is 3. The van der Waals surface area contributed by atoms with Crippen molar-refractivity contribution in [3.05, 3.63) is 29.8 Å². The molecule has 1 fully saturated rings. The quantitative estimate of drug-likeness (QED) is 0.869. The van der Waals surface area contributed by atoms with Crippen LogP contribution in [0.2, 0.25) is 0 Å². The smallest absolute Gasteiger partial charge is 0.240 e. The lowest BCUT2D eigenvalue weighted by atomic mass is 10.1. The molecule has 0 radical (unpaired) electrons. The second kappa shape index (κ2) is 8.33. The normalized spacial score (nSPS) is 15.3. The number of nitrogens with zero attached hydrogens (tertiary/aromatic N) is 2. The van der Waals surface area contributed by atoms with Gasteiger partial charge in [0.1, 0.15) is 6.54 Å². The standard InChI is InChI=1S/C18H23N3O2/c1-14(22)21(17-10-6-7-15(11-17)12-19)13-18(23)20-16-8-4-2-3-5-9-16/h6-7,10-11,16H,2-5,8-9,13H2,1H3,(H,20,23). The predicted molar refractivity (Wildman–Crippen MR) is 88.8 cm³/mol. The van der Waals surface area contributed by atoms with Crippen LogP contribution in [-0.4, -0.2) is 24.4 Å². The zero-order valence-electron chi connectivity index (χ0n) is 13.5. The van der Waals surface area contributed by atoms with Crippen LogP contribution in [0.25, 0.3) is 0 Å². The van der Waals surface area contributed by atoms with Gasteiger partial charge in [-0.3, -0.25) is 9.59 Å². The number of nitriles is 1. The van der Waals surface area contributed by atoms with Gasteiger partial charge in [-0.05, 0) is 31.0 Å². The maximum atomic E-state index is 12.3. The number of hydrogen-bond donors (Lipinski definition) is 1. The van der Waals surface area contributed by atoms with Crippen LogP contribution in [0.1, 0.15) is 51.0 Å². The monoisotopic (exact) mass is 313 g/mol. The van der Waals surface area contributed by atoms with E-state index in [1.54, 1.807) is 24.3 Å². The molecule has 5 heteroatoms. The molecule has 1 aliphatic rings. The van der Waals surface area contributed by atoms with Gasteiger partial charge in [0, 0.05) is 18.7 Å². The number of carbonyl (C=O) groups is 2. The first-order chi connectivity index (χ1) is 11.1. The number of rotatable bonds is 4. The lowest BCUT2D eigenvalue weighted by molar-refractivity contribution is -0.123. The minimum atomic E-state index is -0.212. The fraction of sp³-hybridized carbons (Fsp3) is 0.500. The van der Waals surface area contributed by atoms with Crippen molar-refractivity contribution in [2.75, 3.05) is 11.4 Å². The molecule has 23 heavy (non-hydrogen) atoms. The van der Waals surface area contributed by atoms with E-state index in [4.69, 9.17) is 5.26 Å². The van der Waals surface area contributed by atoms with Gasteiger partial charge < -0.3 is 10.2 Å². The van der Waals surface area contributed by atoms with Gasteiger partial charge in [0.25, 0.3) is 0 Å². The van der Waals surface area contributed by atoms with Gasteiger partial charge in [0.15, 0.2) is 0 Å². The van der Waals surface area contributed by atoms with Crippen LogP contribution >= 0.6 is 0 Å². The van der Waals surface area contributed by atoms with E-state index in [0.717, 1.165) is 25.7 Å². The molecule has 122 valence electrons. The van der Waals surface area contributed by atoms with Crippen LogP contribution in [0.3, 0.4) is 0 Å². The largest absolute Gasteiger partial charge is 0.352 e. The van der Waals surface area contributed by atoms with Gasteiger partial charge in [-0.25, -0.2) is 0 Å². The molecule has 1 aliphatic carbocycles. The summed E-state index contributed by atoms with van der Waals surface area (Å²) in [6.45, 7) is 1.42. The lowest BCUT2D eigenvalue weighted by Gasteiger charge is -2.23. The Bertz CT molecular complexity index is 599. The summed E-state index contributed by atoms with van der Waals surface area (Å²) in [5.74, 6) is -0.356. The number of anilines is 1. The fourth-order valence-corrected chi connectivity index (χ4v) is 2.97. The first kappa shape index (κ1) is 17.0. The van der Waals surface area contributed by atoms with E-state index in [9.17, 15) is 9.59 Å². The van der Waals surface area contributed by atoms with Gasteiger partial charge >= 0.3 is 0 Å². The van der Waals surface area contributed by atoms with Crippen molar-refractivity contribution in [3.8, 4) is 6.07 Å².